The van der Waals surface area contributed by atoms with Crippen LogP contribution in [0.5, 0.6) is 5.75 Å². The van der Waals surface area contributed by atoms with Crippen molar-refractivity contribution in [2.75, 3.05) is 0 Å². The molecule has 0 aliphatic carbocycles. The molecule has 0 aliphatic rings. The molecule has 0 unspecified atom stereocenters. The van der Waals surface area contributed by atoms with Gasteiger partial charge in [0, 0.05) is 15.6 Å². The minimum absolute atomic E-state index is 0.0635. The molecule has 0 radical (unpaired) electrons. The fourth-order valence-corrected chi connectivity index (χ4v) is 2.53. The molecule has 0 bridgehead atoms. The summed E-state index contributed by atoms with van der Waals surface area (Å²) in [6, 6.07) is 4.37. The van der Waals surface area contributed by atoms with Crippen LogP contribution in [0.4, 0.5) is 0 Å². The Morgan fingerprint density at radius 1 is 0.895 bits per heavy atom. The van der Waals surface area contributed by atoms with E-state index in [1.54, 1.807) is 0 Å². The number of halogens is 1. The molecule has 108 valence electrons. The molecule has 0 aromatic heterocycles. The fourth-order valence-electron chi connectivity index (χ4n) is 2.07. The van der Waals surface area contributed by atoms with Crippen LogP contribution in [0, 0.1) is 0 Å². The molecule has 1 rings (SSSR count). The van der Waals surface area contributed by atoms with Gasteiger partial charge in [-0.25, -0.2) is 0 Å². The van der Waals surface area contributed by atoms with E-state index in [-0.39, 0.29) is 16.9 Å². The first kappa shape index (κ1) is 16.6. The normalized spacial score (nSPS) is 12.9. The van der Waals surface area contributed by atoms with E-state index < -0.39 is 0 Å². The Kier molecular flexibility index (Phi) is 4.77. The van der Waals surface area contributed by atoms with Gasteiger partial charge in [-0.05, 0) is 36.8 Å². The second-order valence-corrected chi connectivity index (χ2v) is 8.41. The Morgan fingerprint density at radius 3 is 1.53 bits per heavy atom. The third-order valence-electron chi connectivity index (χ3n) is 3.02. The lowest BCUT2D eigenvalue weighted by Gasteiger charge is -2.31. The number of rotatable bonds is 2. The molecule has 0 saturated carbocycles. The van der Waals surface area contributed by atoms with Gasteiger partial charge in [-0.15, -0.1) is 0 Å². The van der Waals surface area contributed by atoms with Gasteiger partial charge in [-0.1, -0.05) is 57.5 Å². The van der Waals surface area contributed by atoms with Gasteiger partial charge in [0.15, 0.2) is 0 Å². The highest BCUT2D eigenvalue weighted by Gasteiger charge is 2.28. The Labute approximate surface area is 126 Å². The lowest BCUT2D eigenvalue weighted by Crippen LogP contribution is -2.21. The molecule has 2 heteroatoms. The molecule has 0 spiro atoms. The summed E-state index contributed by atoms with van der Waals surface area (Å²) in [5, 5.41) is 0. The zero-order valence-corrected chi connectivity index (χ0v) is 15.1. The largest absolute Gasteiger partial charge is 0.490 e. The van der Waals surface area contributed by atoms with E-state index in [0.717, 1.165) is 10.2 Å². The van der Waals surface area contributed by atoms with Gasteiger partial charge >= 0.3 is 0 Å². The van der Waals surface area contributed by atoms with Crippen LogP contribution in [0.15, 0.2) is 16.6 Å². The third-order valence-corrected chi connectivity index (χ3v) is 3.48. The minimum Gasteiger partial charge on any atom is -0.490 e. The number of hydrogen-bond acceptors (Lipinski definition) is 1. The van der Waals surface area contributed by atoms with Crippen LogP contribution in [-0.4, -0.2) is 6.10 Å². The zero-order chi connectivity index (χ0) is 15.0. The summed E-state index contributed by atoms with van der Waals surface area (Å²) in [7, 11) is 0. The summed E-state index contributed by atoms with van der Waals surface area (Å²) in [4.78, 5) is 0. The topological polar surface area (TPSA) is 9.23 Å². The molecular formula is C17H27BrO. The van der Waals surface area contributed by atoms with Crippen LogP contribution in [0.1, 0.15) is 66.5 Å². The zero-order valence-electron chi connectivity index (χ0n) is 13.5. The van der Waals surface area contributed by atoms with Gasteiger partial charge in [0.25, 0.3) is 0 Å². The summed E-state index contributed by atoms with van der Waals surface area (Å²) < 4.78 is 7.29. The standard InChI is InChI=1S/C17H27BrO/c1-11(2)19-15-13(16(3,4)5)9-12(18)10-14(15)17(6,7)8/h9-11H,1-8H3. The lowest BCUT2D eigenvalue weighted by molar-refractivity contribution is 0.230. The van der Waals surface area contributed by atoms with Crippen molar-refractivity contribution in [2.24, 2.45) is 0 Å². The highest BCUT2D eigenvalue weighted by Crippen LogP contribution is 2.42. The van der Waals surface area contributed by atoms with E-state index in [1.165, 1.54) is 11.1 Å². The van der Waals surface area contributed by atoms with Crippen LogP contribution in [0.25, 0.3) is 0 Å². The van der Waals surface area contributed by atoms with Crippen molar-refractivity contribution >= 4 is 15.9 Å². The first-order valence-corrected chi connectivity index (χ1v) is 7.73. The molecular weight excluding hydrogens is 300 g/mol. The van der Waals surface area contributed by atoms with Crippen molar-refractivity contribution in [3.8, 4) is 5.75 Å². The van der Waals surface area contributed by atoms with E-state index in [4.69, 9.17) is 4.74 Å². The van der Waals surface area contributed by atoms with Crippen molar-refractivity contribution in [3.05, 3.63) is 27.7 Å². The van der Waals surface area contributed by atoms with E-state index in [1.807, 2.05) is 0 Å². The van der Waals surface area contributed by atoms with Crippen molar-refractivity contribution < 1.29 is 4.74 Å². The smallest absolute Gasteiger partial charge is 0.127 e. The highest BCUT2D eigenvalue weighted by atomic mass is 79.9. The van der Waals surface area contributed by atoms with E-state index in [0.29, 0.717) is 0 Å². The molecule has 0 aliphatic heterocycles. The molecule has 0 heterocycles. The maximum atomic E-state index is 6.16. The van der Waals surface area contributed by atoms with Crippen LogP contribution in [0.2, 0.25) is 0 Å². The quantitative estimate of drug-likeness (QED) is 0.664. The Bertz CT molecular complexity index is 412. The maximum Gasteiger partial charge on any atom is 0.127 e. The molecule has 0 atom stereocenters. The summed E-state index contributed by atoms with van der Waals surface area (Å²) in [5.41, 5.74) is 2.66. The van der Waals surface area contributed by atoms with Crippen LogP contribution in [-0.2, 0) is 10.8 Å². The minimum atomic E-state index is 0.0635. The van der Waals surface area contributed by atoms with E-state index in [9.17, 15) is 0 Å². The predicted molar refractivity (Wildman–Crippen MR) is 87.3 cm³/mol. The van der Waals surface area contributed by atoms with E-state index >= 15 is 0 Å². The molecule has 1 aromatic rings. The molecule has 0 N–H and O–H groups in total. The molecule has 19 heavy (non-hydrogen) atoms. The van der Waals surface area contributed by atoms with Gasteiger partial charge in [-0.3, -0.25) is 0 Å². The fraction of sp³-hybridized carbons (Fsp3) is 0.647. The molecule has 0 saturated heterocycles. The van der Waals surface area contributed by atoms with Gasteiger partial charge in [-0.2, -0.15) is 0 Å². The van der Waals surface area contributed by atoms with Gasteiger partial charge < -0.3 is 4.74 Å². The second kappa shape index (κ2) is 5.47. The number of benzene rings is 1. The van der Waals surface area contributed by atoms with Crippen LogP contribution in [0.3, 0.4) is 0 Å². The SMILES string of the molecule is CC(C)Oc1c(C(C)(C)C)cc(Br)cc1C(C)(C)C. The summed E-state index contributed by atoms with van der Waals surface area (Å²) in [6.45, 7) is 17.6. The molecule has 0 amide bonds. The Hall–Kier alpha value is -0.500. The monoisotopic (exact) mass is 326 g/mol. The van der Waals surface area contributed by atoms with Crippen molar-refractivity contribution in [1.82, 2.24) is 0 Å². The molecule has 1 nitrogen and oxygen atoms in total. The van der Waals surface area contributed by atoms with Crippen molar-refractivity contribution in [3.63, 3.8) is 0 Å². The third kappa shape index (κ3) is 4.24. The Morgan fingerprint density at radius 2 is 1.26 bits per heavy atom. The van der Waals surface area contributed by atoms with Crippen molar-refractivity contribution in [2.45, 2.75) is 72.3 Å². The highest BCUT2D eigenvalue weighted by molar-refractivity contribution is 9.10. The lowest BCUT2D eigenvalue weighted by atomic mass is 9.79. The molecule has 1 aromatic carbocycles. The summed E-state index contributed by atoms with van der Waals surface area (Å²) in [6.07, 6.45) is 0.184. The van der Waals surface area contributed by atoms with Gasteiger partial charge in [0.05, 0.1) is 6.10 Å². The number of ether oxygens (including phenoxy) is 1. The Balaban J connectivity index is 3.58. The van der Waals surface area contributed by atoms with Crippen LogP contribution < -0.4 is 4.74 Å². The molecule has 0 fully saturated rings. The van der Waals surface area contributed by atoms with E-state index in [2.05, 4.69) is 83.5 Å². The van der Waals surface area contributed by atoms with Gasteiger partial charge in [0.1, 0.15) is 5.75 Å². The van der Waals surface area contributed by atoms with Gasteiger partial charge in [0.2, 0.25) is 0 Å². The van der Waals surface area contributed by atoms with Crippen molar-refractivity contribution in [1.29, 1.82) is 0 Å². The average molecular weight is 327 g/mol. The van der Waals surface area contributed by atoms with Crippen LogP contribution >= 0.6 is 15.9 Å². The first-order valence-electron chi connectivity index (χ1n) is 6.94. The summed E-state index contributed by atoms with van der Waals surface area (Å²) >= 11 is 3.64. The predicted octanol–water partition coefficient (Wildman–Crippen LogP) is 5.83. The first-order chi connectivity index (χ1) is 8.43. The average Bonchev–Trinajstić information content (AvgIpc) is 2.16. The summed E-state index contributed by atoms with van der Waals surface area (Å²) in [5.74, 6) is 1.05. The number of hydrogen-bond donors (Lipinski definition) is 0. The maximum absolute atomic E-state index is 6.16. The second-order valence-electron chi connectivity index (χ2n) is 7.50.